The van der Waals surface area contributed by atoms with Gasteiger partial charge in [0.2, 0.25) is 5.95 Å². The van der Waals surface area contributed by atoms with Crippen LogP contribution in [0.2, 0.25) is 0 Å². The second-order valence-corrected chi connectivity index (χ2v) is 11.3. The molecule has 10 heteroatoms. The lowest BCUT2D eigenvalue weighted by atomic mass is 9.98. The number of anilines is 2. The van der Waals surface area contributed by atoms with E-state index in [9.17, 15) is 4.39 Å². The van der Waals surface area contributed by atoms with Crippen LogP contribution in [0.3, 0.4) is 0 Å². The molecule has 4 aromatic rings. The fourth-order valence-corrected chi connectivity index (χ4v) is 6.13. The van der Waals surface area contributed by atoms with Crippen LogP contribution in [0.15, 0.2) is 36.7 Å². The van der Waals surface area contributed by atoms with E-state index in [0.717, 1.165) is 81.2 Å². The van der Waals surface area contributed by atoms with Crippen LogP contribution in [0.5, 0.6) is 0 Å². The first-order chi connectivity index (χ1) is 19.4. The molecule has 8 nitrogen and oxygen atoms in total. The molecule has 1 N–H and O–H groups in total. The maximum atomic E-state index is 15.2. The van der Waals surface area contributed by atoms with Crippen LogP contribution in [0.1, 0.15) is 56.7 Å². The van der Waals surface area contributed by atoms with E-state index >= 15 is 4.39 Å². The minimum absolute atomic E-state index is 0.0386. The van der Waals surface area contributed by atoms with Gasteiger partial charge >= 0.3 is 0 Å². The monoisotopic (exact) mass is 546 g/mol. The van der Waals surface area contributed by atoms with E-state index in [0.29, 0.717) is 28.9 Å². The van der Waals surface area contributed by atoms with E-state index in [1.54, 1.807) is 4.68 Å². The molecule has 0 radical (unpaired) electrons. The highest BCUT2D eigenvalue weighted by atomic mass is 19.1. The molecule has 0 spiro atoms. The summed E-state index contributed by atoms with van der Waals surface area (Å²) in [5, 5.41) is 8.23. The summed E-state index contributed by atoms with van der Waals surface area (Å²) in [5.41, 5.74) is 2.85. The van der Waals surface area contributed by atoms with Gasteiger partial charge < -0.3 is 5.32 Å². The molecule has 1 saturated carbocycles. The molecule has 2 fully saturated rings. The smallest absolute Gasteiger partial charge is 0.229 e. The van der Waals surface area contributed by atoms with Crippen molar-refractivity contribution in [3.05, 3.63) is 59.6 Å². The molecule has 0 amide bonds. The number of piperazine rings is 1. The third kappa shape index (κ3) is 5.42. The van der Waals surface area contributed by atoms with Gasteiger partial charge in [0.1, 0.15) is 17.0 Å². The summed E-state index contributed by atoms with van der Waals surface area (Å²) >= 11 is 0. The Bertz CT molecular complexity index is 1490. The number of aryl methyl sites for hydroxylation is 1. The molecule has 0 bridgehead atoms. The van der Waals surface area contributed by atoms with Crippen LogP contribution in [0.25, 0.3) is 22.2 Å². The van der Waals surface area contributed by atoms with Crippen LogP contribution in [0.4, 0.5) is 20.5 Å². The fraction of sp³-hybridized carbons (Fsp3) is 0.467. The molecule has 1 saturated heterocycles. The van der Waals surface area contributed by atoms with Gasteiger partial charge in [-0.05, 0) is 50.5 Å². The maximum absolute atomic E-state index is 15.2. The highest BCUT2D eigenvalue weighted by molar-refractivity contribution is 5.87. The lowest BCUT2D eigenvalue weighted by molar-refractivity contribution is 0.104. The van der Waals surface area contributed by atoms with Crippen molar-refractivity contribution >= 4 is 22.7 Å². The Morgan fingerprint density at radius 3 is 2.45 bits per heavy atom. The minimum Gasteiger partial charge on any atom is -0.309 e. The first kappa shape index (κ1) is 26.7. The minimum atomic E-state index is -0.614. The molecule has 4 heterocycles. The van der Waals surface area contributed by atoms with Crippen molar-refractivity contribution in [2.45, 2.75) is 58.0 Å². The first-order valence-corrected chi connectivity index (χ1v) is 14.2. The fourth-order valence-electron chi connectivity index (χ4n) is 6.13. The summed E-state index contributed by atoms with van der Waals surface area (Å²) in [7, 11) is 1.85. The SMILES string of the molecule is CC(C)N1CCN(Cc2ccc(Nc3ncc(F)c(-c4cc(F)c5nn(C)c(C6CCCC6)c5c4)n3)nc2)CC1. The topological polar surface area (TPSA) is 75.0 Å². The third-order valence-electron chi connectivity index (χ3n) is 8.31. The molecule has 3 aromatic heterocycles. The summed E-state index contributed by atoms with van der Waals surface area (Å²) in [6, 6.07) is 7.60. The number of aromatic nitrogens is 5. The van der Waals surface area contributed by atoms with Crippen molar-refractivity contribution in [1.29, 1.82) is 0 Å². The van der Waals surface area contributed by atoms with Crippen molar-refractivity contribution in [3.63, 3.8) is 0 Å². The number of fused-ring (bicyclic) bond motifs is 1. The zero-order chi connectivity index (χ0) is 27.8. The maximum Gasteiger partial charge on any atom is 0.229 e. The molecule has 2 aliphatic rings. The molecule has 0 atom stereocenters. The summed E-state index contributed by atoms with van der Waals surface area (Å²) in [6.07, 6.45) is 7.36. The number of pyridine rings is 1. The van der Waals surface area contributed by atoms with Gasteiger partial charge in [-0.25, -0.2) is 23.7 Å². The number of nitrogens with one attached hydrogen (secondary N) is 1. The van der Waals surface area contributed by atoms with Gasteiger partial charge in [0, 0.05) is 74.6 Å². The Kier molecular flexibility index (Phi) is 7.46. The van der Waals surface area contributed by atoms with E-state index in [1.165, 1.54) is 6.07 Å². The quantitative estimate of drug-likeness (QED) is 0.322. The zero-order valence-corrected chi connectivity index (χ0v) is 23.4. The number of nitrogens with zero attached hydrogens (tertiary/aromatic N) is 7. The van der Waals surface area contributed by atoms with Crippen molar-refractivity contribution < 1.29 is 8.78 Å². The molecular formula is C30H36F2N8. The van der Waals surface area contributed by atoms with E-state index < -0.39 is 11.6 Å². The van der Waals surface area contributed by atoms with Crippen LogP contribution >= 0.6 is 0 Å². The number of benzene rings is 1. The van der Waals surface area contributed by atoms with Crippen LogP contribution in [0, 0.1) is 11.6 Å². The standard InChI is InChI=1S/C30H36F2N8/c1-19(2)40-12-10-39(11-13-40)18-20-8-9-26(33-16-20)35-30-34-17-25(32)27(36-30)22-14-23-28(24(31)15-22)37-38(3)29(23)21-6-4-5-7-21/h8-9,14-17,19,21H,4-7,10-13,18H2,1-3H3,(H,33,34,35,36). The molecular weight excluding hydrogens is 510 g/mol. The van der Waals surface area contributed by atoms with Crippen LogP contribution < -0.4 is 5.32 Å². The highest BCUT2D eigenvalue weighted by Crippen LogP contribution is 2.39. The molecule has 210 valence electrons. The second-order valence-electron chi connectivity index (χ2n) is 11.3. The average Bonchev–Trinajstić information content (AvgIpc) is 3.58. The van der Waals surface area contributed by atoms with Crippen molar-refractivity contribution in [1.82, 2.24) is 34.5 Å². The second kappa shape index (κ2) is 11.2. The molecule has 1 aromatic carbocycles. The van der Waals surface area contributed by atoms with Crippen molar-refractivity contribution in [2.24, 2.45) is 7.05 Å². The van der Waals surface area contributed by atoms with Gasteiger partial charge in [0.15, 0.2) is 11.6 Å². The summed E-state index contributed by atoms with van der Waals surface area (Å²) in [4.78, 5) is 18.0. The predicted octanol–water partition coefficient (Wildman–Crippen LogP) is 5.63. The Morgan fingerprint density at radius 2 is 1.75 bits per heavy atom. The normalized spacial score (nSPS) is 17.4. The molecule has 6 rings (SSSR count). The van der Waals surface area contributed by atoms with Crippen LogP contribution in [-0.4, -0.2) is 66.8 Å². The Hall–Kier alpha value is -3.50. The molecule has 1 aliphatic heterocycles. The highest BCUT2D eigenvalue weighted by Gasteiger charge is 2.25. The first-order valence-electron chi connectivity index (χ1n) is 14.2. The third-order valence-corrected chi connectivity index (χ3v) is 8.31. The number of rotatable bonds is 7. The number of hydrogen-bond donors (Lipinski definition) is 1. The Labute approximate surface area is 233 Å². The average molecular weight is 547 g/mol. The summed E-state index contributed by atoms with van der Waals surface area (Å²) < 4.78 is 31.9. The van der Waals surface area contributed by atoms with E-state index in [4.69, 9.17) is 0 Å². The largest absolute Gasteiger partial charge is 0.309 e. The van der Waals surface area contributed by atoms with Crippen molar-refractivity contribution in [2.75, 3.05) is 31.5 Å². The van der Waals surface area contributed by atoms with E-state index in [2.05, 4.69) is 49.0 Å². The van der Waals surface area contributed by atoms with E-state index in [1.807, 2.05) is 31.4 Å². The van der Waals surface area contributed by atoms with Gasteiger partial charge in [-0.3, -0.25) is 14.5 Å². The summed E-state index contributed by atoms with van der Waals surface area (Å²) in [5.74, 6) is -0.0115. The summed E-state index contributed by atoms with van der Waals surface area (Å²) in [6.45, 7) is 9.56. The number of hydrogen-bond acceptors (Lipinski definition) is 7. The molecule has 40 heavy (non-hydrogen) atoms. The Balaban J connectivity index is 1.20. The van der Waals surface area contributed by atoms with E-state index in [-0.39, 0.29) is 11.6 Å². The predicted molar refractivity (Wildman–Crippen MR) is 152 cm³/mol. The van der Waals surface area contributed by atoms with Gasteiger partial charge in [-0.15, -0.1) is 0 Å². The van der Waals surface area contributed by atoms with Crippen LogP contribution in [-0.2, 0) is 13.6 Å². The van der Waals surface area contributed by atoms with Crippen molar-refractivity contribution in [3.8, 4) is 11.3 Å². The Morgan fingerprint density at radius 1 is 0.975 bits per heavy atom. The van der Waals surface area contributed by atoms with Gasteiger partial charge in [0.25, 0.3) is 0 Å². The number of halogens is 2. The zero-order valence-electron chi connectivity index (χ0n) is 23.4. The van der Waals surface area contributed by atoms with Gasteiger partial charge in [-0.2, -0.15) is 5.10 Å². The lowest BCUT2D eigenvalue weighted by Gasteiger charge is -2.36. The lowest BCUT2D eigenvalue weighted by Crippen LogP contribution is -2.48. The molecule has 0 unspecified atom stereocenters. The van der Waals surface area contributed by atoms with Gasteiger partial charge in [0.05, 0.1) is 6.20 Å². The molecule has 1 aliphatic carbocycles. The van der Waals surface area contributed by atoms with Gasteiger partial charge in [-0.1, -0.05) is 18.9 Å².